The van der Waals surface area contributed by atoms with Gasteiger partial charge in [0, 0.05) is 100 Å². The number of hydrogen-bond donors (Lipinski definition) is 4. The van der Waals surface area contributed by atoms with Crippen molar-refractivity contribution in [3.63, 3.8) is 0 Å². The Hall–Kier alpha value is -5.82. The summed E-state index contributed by atoms with van der Waals surface area (Å²) < 4.78 is 19.7. The van der Waals surface area contributed by atoms with E-state index in [0.29, 0.717) is 56.8 Å². The number of hydrogen-bond acceptors (Lipinski definition) is 13. The first-order valence-electron chi connectivity index (χ1n) is 20.6. The van der Waals surface area contributed by atoms with Crippen LogP contribution in [0.5, 0.6) is 5.75 Å². The number of imide groups is 1. The van der Waals surface area contributed by atoms with Crippen LogP contribution in [-0.4, -0.2) is 131 Å². The number of methoxy groups -OCH3 is 1. The number of rotatable bonds is 13. The summed E-state index contributed by atoms with van der Waals surface area (Å²) in [5.41, 5.74) is 4.92. The van der Waals surface area contributed by atoms with E-state index in [1.54, 1.807) is 42.9 Å². The molecular weight excluding hydrogens is 834 g/mol. The zero-order valence-corrected chi connectivity index (χ0v) is 36.4. The normalized spacial score (nSPS) is 19.2. The average molecular weight is 884 g/mol. The predicted molar refractivity (Wildman–Crippen MR) is 240 cm³/mol. The molecular formula is C43H50ClN11O6S. The third kappa shape index (κ3) is 9.33. The van der Waals surface area contributed by atoms with Gasteiger partial charge < -0.3 is 30.5 Å². The summed E-state index contributed by atoms with van der Waals surface area (Å²) >= 11 is 6.50. The molecule has 326 valence electrons. The monoisotopic (exact) mass is 883 g/mol. The fourth-order valence-electron chi connectivity index (χ4n) is 8.61. The lowest BCUT2D eigenvalue weighted by Gasteiger charge is -2.43. The van der Waals surface area contributed by atoms with Gasteiger partial charge in [0.25, 0.3) is 5.91 Å². The van der Waals surface area contributed by atoms with Gasteiger partial charge in [-0.3, -0.25) is 38.6 Å². The summed E-state index contributed by atoms with van der Waals surface area (Å²) in [5, 5.41) is 12.2. The van der Waals surface area contributed by atoms with Gasteiger partial charge in [0.2, 0.25) is 23.7 Å². The SMILES string of the molecule is COc1cc(N2CCC(N3CCN(CC(=O)Nc4cccc5c4CN(C4CCC(=O)NC4=O)C5=O)CC3)CC2)ccc1Nc1ncc(Cl)c(Nc2ccccc2N(C)S(C)=O)n1. The maximum atomic E-state index is 13.3. The molecule has 0 saturated carbocycles. The Kier molecular flexibility index (Phi) is 12.9. The smallest absolute Gasteiger partial charge is 0.255 e. The van der Waals surface area contributed by atoms with E-state index in [0.717, 1.165) is 63.5 Å². The van der Waals surface area contributed by atoms with Gasteiger partial charge in [0.05, 0.1) is 36.9 Å². The summed E-state index contributed by atoms with van der Waals surface area (Å²) in [6.07, 6.45) is 5.62. The van der Waals surface area contributed by atoms with E-state index in [9.17, 15) is 23.4 Å². The van der Waals surface area contributed by atoms with Crippen LogP contribution in [0.1, 0.15) is 41.6 Å². The lowest BCUT2D eigenvalue weighted by atomic mass is 10.0. The highest BCUT2D eigenvalue weighted by Crippen LogP contribution is 2.36. The minimum absolute atomic E-state index is 0.149. The van der Waals surface area contributed by atoms with Crippen molar-refractivity contribution in [1.82, 2.24) is 30.0 Å². The van der Waals surface area contributed by atoms with Crippen LogP contribution in [0.2, 0.25) is 5.02 Å². The molecule has 4 N–H and O–H groups in total. The minimum atomic E-state index is -1.22. The molecule has 62 heavy (non-hydrogen) atoms. The number of carbonyl (C=O) groups is 4. The van der Waals surface area contributed by atoms with Crippen molar-refractivity contribution in [3.05, 3.63) is 83.0 Å². The second kappa shape index (κ2) is 18.7. The summed E-state index contributed by atoms with van der Waals surface area (Å²) in [5.74, 6) is 0.152. The maximum Gasteiger partial charge on any atom is 0.255 e. The number of amides is 4. The van der Waals surface area contributed by atoms with Crippen LogP contribution in [0.3, 0.4) is 0 Å². The molecule has 3 aromatic carbocycles. The number of piperazine rings is 1. The Bertz CT molecular complexity index is 2390. The number of nitrogens with one attached hydrogen (secondary N) is 4. The van der Waals surface area contributed by atoms with E-state index in [1.165, 1.54) is 11.1 Å². The van der Waals surface area contributed by atoms with Crippen LogP contribution in [0, 0.1) is 0 Å². The van der Waals surface area contributed by atoms with E-state index in [1.807, 2.05) is 36.4 Å². The maximum absolute atomic E-state index is 13.3. The van der Waals surface area contributed by atoms with Gasteiger partial charge in [-0.05, 0) is 55.7 Å². The molecule has 4 aliphatic heterocycles. The molecule has 4 aromatic rings. The van der Waals surface area contributed by atoms with E-state index < -0.39 is 22.9 Å². The number of aromatic nitrogens is 2. The van der Waals surface area contributed by atoms with E-state index in [-0.39, 0.29) is 43.7 Å². The number of halogens is 1. The average Bonchev–Trinajstić information content (AvgIpc) is 3.61. The second-order valence-electron chi connectivity index (χ2n) is 15.8. The first-order valence-corrected chi connectivity index (χ1v) is 22.5. The van der Waals surface area contributed by atoms with Gasteiger partial charge in [-0.2, -0.15) is 4.98 Å². The number of fused-ring (bicyclic) bond motifs is 1. The van der Waals surface area contributed by atoms with Crippen LogP contribution < -0.4 is 35.2 Å². The van der Waals surface area contributed by atoms with Gasteiger partial charge in [-0.15, -0.1) is 0 Å². The minimum Gasteiger partial charge on any atom is -0.494 e. The van der Waals surface area contributed by atoms with Crippen molar-refractivity contribution < 1.29 is 28.1 Å². The third-order valence-electron chi connectivity index (χ3n) is 12.0. The molecule has 0 bridgehead atoms. The van der Waals surface area contributed by atoms with Crippen molar-refractivity contribution in [2.75, 3.05) is 91.4 Å². The number of nitrogens with zero attached hydrogens (tertiary/aromatic N) is 7. The van der Waals surface area contributed by atoms with Gasteiger partial charge in [-0.25, -0.2) is 9.19 Å². The Labute approximate surface area is 367 Å². The van der Waals surface area contributed by atoms with Crippen molar-refractivity contribution in [1.29, 1.82) is 0 Å². The molecule has 4 amide bonds. The Morgan fingerprint density at radius 2 is 1.71 bits per heavy atom. The van der Waals surface area contributed by atoms with Crippen molar-refractivity contribution in [3.8, 4) is 5.75 Å². The Morgan fingerprint density at radius 3 is 2.45 bits per heavy atom. The van der Waals surface area contributed by atoms with Crippen LogP contribution in [0.4, 0.5) is 40.2 Å². The summed E-state index contributed by atoms with van der Waals surface area (Å²) in [6.45, 7) is 5.52. The highest BCUT2D eigenvalue weighted by molar-refractivity contribution is 7.85. The van der Waals surface area contributed by atoms with Gasteiger partial charge in [0.15, 0.2) is 5.82 Å². The molecule has 0 radical (unpaired) electrons. The summed E-state index contributed by atoms with van der Waals surface area (Å²) in [4.78, 5) is 68.3. The first kappa shape index (κ1) is 42.9. The van der Waals surface area contributed by atoms with Crippen molar-refractivity contribution in [2.45, 2.75) is 44.3 Å². The Morgan fingerprint density at radius 1 is 0.952 bits per heavy atom. The molecule has 3 saturated heterocycles. The zero-order valence-electron chi connectivity index (χ0n) is 34.9. The molecule has 3 fully saturated rings. The van der Waals surface area contributed by atoms with Gasteiger partial charge >= 0.3 is 0 Å². The number of benzene rings is 3. The van der Waals surface area contributed by atoms with E-state index >= 15 is 0 Å². The third-order valence-corrected chi connectivity index (χ3v) is 13.3. The number of carbonyl (C=O) groups excluding carboxylic acids is 4. The molecule has 5 heterocycles. The molecule has 0 spiro atoms. The summed E-state index contributed by atoms with van der Waals surface area (Å²) in [7, 11) is 2.17. The zero-order chi connectivity index (χ0) is 43.5. The number of anilines is 7. The fraction of sp³-hybridized carbons (Fsp3) is 0.395. The number of ether oxygens (including phenoxy) is 1. The highest BCUT2D eigenvalue weighted by atomic mass is 35.5. The standard InChI is InChI=1S/C43H50ClN11O6S/c1-51(62(3)60)35-10-5-4-8-33(35)47-40-31(44)24-45-43(50-40)48-34-12-11-28(23-37(34)61-2)53-17-15-27(16-18-53)54-21-19-52(20-22-54)26-39(57)46-32-9-6-7-29-30(32)25-55(42(29)59)36-13-14-38(56)49-41(36)58/h4-12,23-24,27,36H,13-22,25-26H2,1-3H3,(H,46,57)(H,49,56,58)(H2,45,47,48,50). The molecule has 8 rings (SSSR count). The predicted octanol–water partition coefficient (Wildman–Crippen LogP) is 4.34. The van der Waals surface area contributed by atoms with Gasteiger partial charge in [-0.1, -0.05) is 29.8 Å². The second-order valence-corrected chi connectivity index (χ2v) is 17.6. The molecule has 2 unspecified atom stereocenters. The van der Waals surface area contributed by atoms with Gasteiger partial charge in [0.1, 0.15) is 27.8 Å². The Balaban J connectivity index is 0.811. The van der Waals surface area contributed by atoms with E-state index in [4.69, 9.17) is 16.3 Å². The lowest BCUT2D eigenvalue weighted by Crippen LogP contribution is -2.54. The number of para-hydroxylation sites is 2. The van der Waals surface area contributed by atoms with Crippen molar-refractivity contribution in [2.24, 2.45) is 0 Å². The quantitative estimate of drug-likeness (QED) is 0.139. The topological polar surface area (TPSA) is 185 Å². The summed E-state index contributed by atoms with van der Waals surface area (Å²) in [6, 6.07) is 18.5. The van der Waals surface area contributed by atoms with Crippen LogP contribution >= 0.6 is 11.6 Å². The van der Waals surface area contributed by atoms with Crippen molar-refractivity contribution >= 4 is 86.4 Å². The van der Waals surface area contributed by atoms with Crippen LogP contribution in [-0.2, 0) is 31.9 Å². The molecule has 0 aliphatic carbocycles. The highest BCUT2D eigenvalue weighted by Gasteiger charge is 2.40. The first-order chi connectivity index (χ1) is 29.9. The molecule has 19 heteroatoms. The lowest BCUT2D eigenvalue weighted by molar-refractivity contribution is -0.137. The van der Waals surface area contributed by atoms with Crippen LogP contribution in [0.15, 0.2) is 66.9 Å². The largest absolute Gasteiger partial charge is 0.494 e. The fourth-order valence-corrected chi connectivity index (χ4v) is 9.18. The molecule has 2 atom stereocenters. The molecule has 4 aliphatic rings. The molecule has 17 nitrogen and oxygen atoms in total. The molecule has 1 aromatic heterocycles. The number of piperidine rings is 2. The van der Waals surface area contributed by atoms with Crippen LogP contribution in [0.25, 0.3) is 0 Å². The van der Waals surface area contributed by atoms with E-state index in [2.05, 4.69) is 52.0 Å².